The summed E-state index contributed by atoms with van der Waals surface area (Å²) in [6, 6.07) is 15.2. The van der Waals surface area contributed by atoms with E-state index in [2.05, 4.69) is 5.48 Å². The SMILES string of the molecule is COc1ccc(CCC(=O)NOCc2ccccc2)c(OC)c1. The molecule has 0 aliphatic rings. The molecule has 0 spiro atoms. The number of nitrogens with one attached hydrogen (secondary N) is 1. The van der Waals surface area contributed by atoms with Crippen molar-refractivity contribution in [1.29, 1.82) is 0 Å². The molecule has 1 N–H and O–H groups in total. The van der Waals surface area contributed by atoms with Crippen LogP contribution in [0.25, 0.3) is 0 Å². The first kappa shape index (κ1) is 16.8. The number of rotatable bonds is 8. The topological polar surface area (TPSA) is 56.8 Å². The van der Waals surface area contributed by atoms with Gasteiger partial charge in [-0.05, 0) is 23.6 Å². The average molecular weight is 315 g/mol. The Morgan fingerprint density at radius 1 is 1.04 bits per heavy atom. The number of hydrogen-bond donors (Lipinski definition) is 1. The van der Waals surface area contributed by atoms with Crippen molar-refractivity contribution in [3.63, 3.8) is 0 Å². The van der Waals surface area contributed by atoms with Crippen molar-refractivity contribution >= 4 is 5.91 Å². The maximum absolute atomic E-state index is 11.8. The Labute approximate surface area is 136 Å². The van der Waals surface area contributed by atoms with Crippen LogP contribution in [0.3, 0.4) is 0 Å². The predicted octanol–water partition coefficient (Wildman–Crippen LogP) is 2.88. The molecule has 2 rings (SSSR count). The van der Waals surface area contributed by atoms with Crippen molar-refractivity contribution in [3.8, 4) is 11.5 Å². The van der Waals surface area contributed by atoms with Gasteiger partial charge in [0.1, 0.15) is 11.5 Å². The second kappa shape index (κ2) is 8.80. The molecule has 0 aromatic heterocycles. The third-order valence-corrected chi connectivity index (χ3v) is 3.38. The maximum Gasteiger partial charge on any atom is 0.243 e. The number of carbonyl (C=O) groups excluding carboxylic acids is 1. The molecule has 5 heteroatoms. The maximum atomic E-state index is 11.8. The van der Waals surface area contributed by atoms with E-state index in [0.717, 1.165) is 16.9 Å². The monoisotopic (exact) mass is 315 g/mol. The van der Waals surface area contributed by atoms with Gasteiger partial charge in [-0.3, -0.25) is 9.63 Å². The highest BCUT2D eigenvalue weighted by Gasteiger charge is 2.08. The van der Waals surface area contributed by atoms with Crippen LogP contribution in [0.2, 0.25) is 0 Å². The molecule has 0 saturated carbocycles. The van der Waals surface area contributed by atoms with E-state index in [-0.39, 0.29) is 5.91 Å². The van der Waals surface area contributed by atoms with Gasteiger partial charge in [0.15, 0.2) is 0 Å². The molecule has 0 unspecified atom stereocenters. The molecule has 0 aliphatic carbocycles. The van der Waals surface area contributed by atoms with E-state index in [1.807, 2.05) is 42.5 Å². The highest BCUT2D eigenvalue weighted by molar-refractivity contribution is 5.75. The summed E-state index contributed by atoms with van der Waals surface area (Å²) < 4.78 is 10.5. The zero-order valence-electron chi connectivity index (χ0n) is 13.4. The molecule has 0 fully saturated rings. The Balaban J connectivity index is 1.78. The van der Waals surface area contributed by atoms with Gasteiger partial charge in [-0.15, -0.1) is 0 Å². The molecule has 0 bridgehead atoms. The summed E-state index contributed by atoms with van der Waals surface area (Å²) in [5.74, 6) is 1.27. The number of ether oxygens (including phenoxy) is 2. The van der Waals surface area contributed by atoms with Crippen LogP contribution in [0.15, 0.2) is 48.5 Å². The van der Waals surface area contributed by atoms with Crippen LogP contribution in [0.4, 0.5) is 0 Å². The van der Waals surface area contributed by atoms with Gasteiger partial charge < -0.3 is 9.47 Å². The van der Waals surface area contributed by atoms with Gasteiger partial charge >= 0.3 is 0 Å². The van der Waals surface area contributed by atoms with Gasteiger partial charge in [-0.2, -0.15) is 0 Å². The van der Waals surface area contributed by atoms with Crippen molar-refractivity contribution in [1.82, 2.24) is 5.48 Å². The van der Waals surface area contributed by atoms with Gasteiger partial charge in [0.25, 0.3) is 0 Å². The van der Waals surface area contributed by atoms with Crippen LogP contribution in [-0.4, -0.2) is 20.1 Å². The van der Waals surface area contributed by atoms with Crippen LogP contribution >= 0.6 is 0 Å². The van der Waals surface area contributed by atoms with Crippen molar-refractivity contribution in [2.75, 3.05) is 14.2 Å². The summed E-state index contributed by atoms with van der Waals surface area (Å²) >= 11 is 0. The smallest absolute Gasteiger partial charge is 0.243 e. The minimum Gasteiger partial charge on any atom is -0.497 e. The summed E-state index contributed by atoms with van der Waals surface area (Å²) in [6.45, 7) is 0.346. The minimum atomic E-state index is -0.168. The number of methoxy groups -OCH3 is 2. The van der Waals surface area contributed by atoms with Crippen molar-refractivity contribution < 1.29 is 19.1 Å². The molecular weight excluding hydrogens is 294 g/mol. The Kier molecular flexibility index (Phi) is 6.44. The fourth-order valence-electron chi connectivity index (χ4n) is 2.13. The van der Waals surface area contributed by atoms with E-state index in [0.29, 0.717) is 25.2 Å². The lowest BCUT2D eigenvalue weighted by molar-refractivity contribution is -0.134. The molecule has 2 aromatic rings. The van der Waals surface area contributed by atoms with Gasteiger partial charge in [0.05, 0.1) is 20.8 Å². The van der Waals surface area contributed by atoms with E-state index in [1.165, 1.54) is 0 Å². The number of hydroxylamine groups is 1. The van der Waals surface area contributed by atoms with Crippen LogP contribution in [0, 0.1) is 0 Å². The number of hydrogen-bond acceptors (Lipinski definition) is 4. The van der Waals surface area contributed by atoms with Crippen LogP contribution in [0.5, 0.6) is 11.5 Å². The molecule has 0 saturated heterocycles. The molecule has 0 atom stereocenters. The first-order chi connectivity index (χ1) is 11.2. The molecule has 0 aliphatic heterocycles. The summed E-state index contributed by atoms with van der Waals surface area (Å²) in [5, 5.41) is 0. The number of amides is 1. The van der Waals surface area contributed by atoms with E-state index in [9.17, 15) is 4.79 Å². The molecule has 0 radical (unpaired) electrons. The second-order valence-electron chi connectivity index (χ2n) is 4.98. The van der Waals surface area contributed by atoms with Crippen LogP contribution in [0.1, 0.15) is 17.5 Å². The van der Waals surface area contributed by atoms with E-state index in [4.69, 9.17) is 14.3 Å². The Morgan fingerprint density at radius 2 is 1.83 bits per heavy atom. The third kappa shape index (κ3) is 5.30. The minimum absolute atomic E-state index is 0.168. The Hall–Kier alpha value is -2.53. The largest absolute Gasteiger partial charge is 0.497 e. The van der Waals surface area contributed by atoms with Crippen molar-refractivity contribution in [3.05, 3.63) is 59.7 Å². The van der Waals surface area contributed by atoms with E-state index >= 15 is 0 Å². The predicted molar refractivity (Wildman–Crippen MR) is 87.2 cm³/mol. The lowest BCUT2D eigenvalue weighted by Gasteiger charge is -2.10. The highest BCUT2D eigenvalue weighted by atomic mass is 16.6. The molecule has 122 valence electrons. The van der Waals surface area contributed by atoms with Gasteiger partial charge in [0, 0.05) is 12.5 Å². The molecule has 23 heavy (non-hydrogen) atoms. The lowest BCUT2D eigenvalue weighted by atomic mass is 10.1. The average Bonchev–Trinajstić information content (AvgIpc) is 2.60. The van der Waals surface area contributed by atoms with Crippen LogP contribution in [-0.2, 0) is 22.7 Å². The van der Waals surface area contributed by atoms with Crippen molar-refractivity contribution in [2.45, 2.75) is 19.4 Å². The Morgan fingerprint density at radius 3 is 2.52 bits per heavy atom. The summed E-state index contributed by atoms with van der Waals surface area (Å²) in [5.41, 5.74) is 4.41. The van der Waals surface area contributed by atoms with Crippen LogP contribution < -0.4 is 15.0 Å². The zero-order chi connectivity index (χ0) is 16.5. The normalized spacial score (nSPS) is 10.2. The van der Waals surface area contributed by atoms with Gasteiger partial charge in [0.2, 0.25) is 5.91 Å². The fourth-order valence-corrected chi connectivity index (χ4v) is 2.13. The molecule has 0 heterocycles. The van der Waals surface area contributed by atoms with Gasteiger partial charge in [-0.1, -0.05) is 36.4 Å². The van der Waals surface area contributed by atoms with Gasteiger partial charge in [-0.25, -0.2) is 5.48 Å². The number of benzene rings is 2. The van der Waals surface area contributed by atoms with E-state index < -0.39 is 0 Å². The summed E-state index contributed by atoms with van der Waals surface area (Å²) in [4.78, 5) is 17.0. The van der Waals surface area contributed by atoms with Crippen molar-refractivity contribution in [2.24, 2.45) is 0 Å². The molecular formula is C18H21NO4. The second-order valence-corrected chi connectivity index (χ2v) is 4.98. The zero-order valence-corrected chi connectivity index (χ0v) is 13.4. The lowest BCUT2D eigenvalue weighted by Crippen LogP contribution is -2.23. The molecule has 5 nitrogen and oxygen atoms in total. The highest BCUT2D eigenvalue weighted by Crippen LogP contribution is 2.25. The summed E-state index contributed by atoms with van der Waals surface area (Å²) in [6.07, 6.45) is 0.880. The molecule has 1 amide bonds. The molecule has 2 aromatic carbocycles. The third-order valence-electron chi connectivity index (χ3n) is 3.38. The first-order valence-electron chi connectivity index (χ1n) is 7.38. The quantitative estimate of drug-likeness (QED) is 0.761. The Bertz CT molecular complexity index is 628. The standard InChI is InChI=1S/C18H21NO4/c1-21-16-10-8-15(17(12-16)22-2)9-11-18(20)19-23-13-14-6-4-3-5-7-14/h3-8,10,12H,9,11,13H2,1-2H3,(H,19,20). The van der Waals surface area contributed by atoms with E-state index in [1.54, 1.807) is 20.3 Å². The first-order valence-corrected chi connectivity index (χ1v) is 7.38. The number of carbonyl (C=O) groups is 1. The summed E-state index contributed by atoms with van der Waals surface area (Å²) in [7, 11) is 3.20. The number of aryl methyl sites for hydroxylation is 1. The fraction of sp³-hybridized carbons (Fsp3) is 0.278.